The van der Waals surface area contributed by atoms with Crippen LogP contribution in [0.3, 0.4) is 0 Å². The minimum absolute atomic E-state index is 0.000422. The number of rotatable bonds is 5. The van der Waals surface area contributed by atoms with Crippen LogP contribution in [-0.4, -0.2) is 12.1 Å². The van der Waals surface area contributed by atoms with Gasteiger partial charge in [0.15, 0.2) is 0 Å². The Kier molecular flexibility index (Phi) is 6.72. The van der Waals surface area contributed by atoms with Gasteiger partial charge in [0.2, 0.25) is 0 Å². The van der Waals surface area contributed by atoms with Gasteiger partial charge in [-0.05, 0) is 80.9 Å². The number of carbonyl (C=O) groups excluding carboxylic acids is 1. The number of carbonyl (C=O) groups is 1. The smallest absolute Gasteiger partial charge is 0.338 e. The fourth-order valence-electron chi connectivity index (χ4n) is 4.97. The molecule has 0 aliphatic heterocycles. The Morgan fingerprint density at radius 1 is 1.04 bits per heavy atom. The lowest BCUT2D eigenvalue weighted by atomic mass is 9.70. The fourth-order valence-corrected chi connectivity index (χ4v) is 4.97. The SMILES string of the molecule is CCC[C@H]1CC[C@H]([C@H]2CC[C@H](OC(=O)c3ccc(C)c(F)c3)CC2)CC1. The summed E-state index contributed by atoms with van der Waals surface area (Å²) in [5, 5.41) is 0. The van der Waals surface area contributed by atoms with Crippen molar-refractivity contribution < 1.29 is 13.9 Å². The number of aryl methyl sites for hydroxylation is 1. The molecule has 0 heterocycles. The van der Waals surface area contributed by atoms with Gasteiger partial charge in [0, 0.05) is 0 Å². The van der Waals surface area contributed by atoms with Gasteiger partial charge in [-0.3, -0.25) is 0 Å². The zero-order valence-electron chi connectivity index (χ0n) is 16.3. The predicted octanol–water partition coefficient (Wildman–Crippen LogP) is 6.46. The van der Waals surface area contributed by atoms with Crippen molar-refractivity contribution in [3.05, 3.63) is 35.1 Å². The molecule has 2 aliphatic rings. The summed E-state index contributed by atoms with van der Waals surface area (Å²) in [6.07, 6.45) is 12.6. The first-order valence-corrected chi connectivity index (χ1v) is 10.5. The summed E-state index contributed by atoms with van der Waals surface area (Å²) in [6.45, 7) is 3.99. The van der Waals surface area contributed by atoms with Gasteiger partial charge >= 0.3 is 5.97 Å². The van der Waals surface area contributed by atoms with Gasteiger partial charge in [0.25, 0.3) is 0 Å². The van der Waals surface area contributed by atoms with Crippen molar-refractivity contribution in [3.8, 4) is 0 Å². The van der Waals surface area contributed by atoms with Crippen molar-refractivity contribution in [1.82, 2.24) is 0 Å². The number of ether oxygens (including phenoxy) is 1. The Balaban J connectivity index is 1.44. The van der Waals surface area contributed by atoms with E-state index in [1.165, 1.54) is 57.4 Å². The van der Waals surface area contributed by atoms with Crippen LogP contribution < -0.4 is 0 Å². The molecule has 0 unspecified atom stereocenters. The van der Waals surface area contributed by atoms with Gasteiger partial charge in [-0.15, -0.1) is 0 Å². The zero-order valence-corrected chi connectivity index (χ0v) is 16.3. The summed E-state index contributed by atoms with van der Waals surface area (Å²) in [5.41, 5.74) is 0.875. The molecule has 1 aromatic rings. The molecule has 3 heteroatoms. The fraction of sp³-hybridized carbons (Fsp3) is 0.696. The lowest BCUT2D eigenvalue weighted by Gasteiger charge is -2.37. The molecule has 3 rings (SSSR count). The lowest BCUT2D eigenvalue weighted by molar-refractivity contribution is 0.0109. The van der Waals surface area contributed by atoms with Crippen molar-refractivity contribution in [2.75, 3.05) is 0 Å². The molecule has 1 aromatic carbocycles. The van der Waals surface area contributed by atoms with Crippen molar-refractivity contribution >= 4 is 5.97 Å². The lowest BCUT2D eigenvalue weighted by Crippen LogP contribution is -2.29. The molecule has 0 N–H and O–H groups in total. The monoisotopic (exact) mass is 360 g/mol. The number of benzene rings is 1. The van der Waals surface area contributed by atoms with E-state index < -0.39 is 0 Å². The molecular weight excluding hydrogens is 327 g/mol. The summed E-state index contributed by atoms with van der Waals surface area (Å²) in [5.74, 6) is 1.92. The first kappa shape index (κ1) is 19.4. The van der Waals surface area contributed by atoms with E-state index in [4.69, 9.17) is 4.74 Å². The third-order valence-corrected chi connectivity index (χ3v) is 6.66. The summed E-state index contributed by atoms with van der Waals surface area (Å²) in [7, 11) is 0. The van der Waals surface area contributed by atoms with Crippen molar-refractivity contribution in [3.63, 3.8) is 0 Å². The Hall–Kier alpha value is -1.38. The van der Waals surface area contributed by atoms with Gasteiger partial charge in [-0.25, -0.2) is 9.18 Å². The summed E-state index contributed by atoms with van der Waals surface area (Å²) in [4.78, 5) is 12.3. The van der Waals surface area contributed by atoms with Crippen LogP contribution in [0.4, 0.5) is 4.39 Å². The van der Waals surface area contributed by atoms with Crippen LogP contribution in [0.1, 0.15) is 87.1 Å². The topological polar surface area (TPSA) is 26.3 Å². The van der Waals surface area contributed by atoms with Crippen molar-refractivity contribution in [1.29, 1.82) is 0 Å². The van der Waals surface area contributed by atoms with Crippen LogP contribution in [0.15, 0.2) is 18.2 Å². The van der Waals surface area contributed by atoms with E-state index in [9.17, 15) is 9.18 Å². The Morgan fingerprint density at radius 3 is 2.23 bits per heavy atom. The van der Waals surface area contributed by atoms with E-state index >= 15 is 0 Å². The summed E-state index contributed by atoms with van der Waals surface area (Å²) < 4.78 is 19.3. The second kappa shape index (κ2) is 9.01. The number of hydrogen-bond donors (Lipinski definition) is 0. The Bertz CT molecular complexity index is 596. The summed E-state index contributed by atoms with van der Waals surface area (Å²) >= 11 is 0. The first-order valence-electron chi connectivity index (χ1n) is 10.5. The van der Waals surface area contributed by atoms with E-state index in [1.54, 1.807) is 19.1 Å². The van der Waals surface area contributed by atoms with Crippen LogP contribution in [-0.2, 0) is 4.74 Å². The molecule has 0 aromatic heterocycles. The Morgan fingerprint density at radius 2 is 1.65 bits per heavy atom. The highest BCUT2D eigenvalue weighted by Crippen LogP contribution is 2.41. The van der Waals surface area contributed by atoms with E-state index in [0.717, 1.165) is 30.6 Å². The predicted molar refractivity (Wildman–Crippen MR) is 103 cm³/mol. The maximum Gasteiger partial charge on any atom is 0.338 e. The molecule has 0 atom stereocenters. The van der Waals surface area contributed by atoms with Crippen molar-refractivity contribution in [2.45, 2.75) is 84.2 Å². The maximum atomic E-state index is 13.6. The van der Waals surface area contributed by atoms with E-state index in [0.29, 0.717) is 11.1 Å². The molecule has 26 heavy (non-hydrogen) atoms. The molecule has 2 fully saturated rings. The molecule has 0 saturated heterocycles. The van der Waals surface area contributed by atoms with Crippen molar-refractivity contribution in [2.24, 2.45) is 17.8 Å². The minimum Gasteiger partial charge on any atom is -0.459 e. The van der Waals surface area contributed by atoms with Crippen LogP contribution in [0.5, 0.6) is 0 Å². The number of hydrogen-bond acceptors (Lipinski definition) is 2. The molecule has 0 spiro atoms. The first-order chi connectivity index (χ1) is 12.6. The average Bonchev–Trinajstić information content (AvgIpc) is 2.65. The average molecular weight is 361 g/mol. The van der Waals surface area contributed by atoms with E-state index in [-0.39, 0.29) is 17.9 Å². The highest BCUT2D eigenvalue weighted by Gasteiger charge is 2.31. The van der Waals surface area contributed by atoms with Crippen LogP contribution >= 0.6 is 0 Å². The summed E-state index contributed by atoms with van der Waals surface area (Å²) in [6, 6.07) is 4.58. The molecular formula is C23H33FO2. The molecule has 0 bridgehead atoms. The van der Waals surface area contributed by atoms with E-state index in [2.05, 4.69) is 6.92 Å². The molecule has 0 amide bonds. The maximum absolute atomic E-state index is 13.6. The minimum atomic E-state index is -0.382. The standard InChI is InChI=1S/C23H33FO2/c1-3-4-17-6-9-18(10-7-17)19-11-13-21(14-12-19)26-23(25)20-8-5-16(2)22(24)15-20/h5,8,15,17-19,21H,3-4,6-7,9-14H2,1-2H3/t17-,18-,19-,21-. The molecule has 2 nitrogen and oxygen atoms in total. The largest absolute Gasteiger partial charge is 0.459 e. The zero-order chi connectivity index (χ0) is 18.5. The Labute approximate surface area is 157 Å². The highest BCUT2D eigenvalue weighted by molar-refractivity contribution is 5.89. The normalized spacial score (nSPS) is 29.3. The third kappa shape index (κ3) is 4.86. The number of esters is 1. The van der Waals surface area contributed by atoms with Gasteiger partial charge in [0.1, 0.15) is 11.9 Å². The molecule has 2 aliphatic carbocycles. The second-order valence-electron chi connectivity index (χ2n) is 8.48. The number of halogens is 1. The quantitative estimate of drug-likeness (QED) is 0.564. The van der Waals surface area contributed by atoms with Gasteiger partial charge < -0.3 is 4.74 Å². The van der Waals surface area contributed by atoms with Gasteiger partial charge in [-0.1, -0.05) is 38.7 Å². The van der Waals surface area contributed by atoms with Crippen LogP contribution in [0, 0.1) is 30.5 Å². The van der Waals surface area contributed by atoms with Crippen LogP contribution in [0.25, 0.3) is 0 Å². The van der Waals surface area contributed by atoms with Gasteiger partial charge in [-0.2, -0.15) is 0 Å². The van der Waals surface area contributed by atoms with Gasteiger partial charge in [0.05, 0.1) is 5.56 Å². The molecule has 2 saturated carbocycles. The third-order valence-electron chi connectivity index (χ3n) is 6.66. The highest BCUT2D eigenvalue weighted by atomic mass is 19.1. The molecule has 144 valence electrons. The second-order valence-corrected chi connectivity index (χ2v) is 8.48. The van der Waals surface area contributed by atoms with E-state index in [1.807, 2.05) is 0 Å². The van der Waals surface area contributed by atoms with Crippen LogP contribution in [0.2, 0.25) is 0 Å². The molecule has 0 radical (unpaired) electrons.